The molecule has 0 heterocycles. The lowest BCUT2D eigenvalue weighted by Crippen LogP contribution is -2.18. The zero-order valence-electron chi connectivity index (χ0n) is 15.2. The lowest BCUT2D eigenvalue weighted by molar-refractivity contribution is -0.147. The quantitative estimate of drug-likeness (QED) is 0.186. The van der Waals surface area contributed by atoms with Crippen molar-refractivity contribution in [2.45, 2.75) is 91.3 Å². The number of hydrogen-bond acceptors (Lipinski definition) is 2. The van der Waals surface area contributed by atoms with Gasteiger partial charge in [0.15, 0.2) is 6.29 Å². The smallest absolute Gasteiger partial charge is 0.157 e. The molecule has 0 rings (SSSR count). The minimum atomic E-state index is 0.0149. The highest BCUT2D eigenvalue weighted by Gasteiger charge is 2.08. The zero-order valence-corrected chi connectivity index (χ0v) is 15.2. The number of allylic oxidation sites excluding steroid dienone is 4. The van der Waals surface area contributed by atoms with Crippen molar-refractivity contribution in [2.24, 2.45) is 0 Å². The first kappa shape index (κ1) is 21.4. The molecule has 0 saturated heterocycles. The van der Waals surface area contributed by atoms with Gasteiger partial charge in [-0.05, 0) is 44.9 Å². The summed E-state index contributed by atoms with van der Waals surface area (Å²) in [4.78, 5) is 0. The maximum Gasteiger partial charge on any atom is 0.157 e. The fraction of sp³-hybridized carbons (Fsp3) is 0.800. The molecule has 0 unspecified atom stereocenters. The Morgan fingerprint density at radius 2 is 1.36 bits per heavy atom. The van der Waals surface area contributed by atoms with E-state index in [-0.39, 0.29) is 6.29 Å². The van der Waals surface area contributed by atoms with Gasteiger partial charge in [-0.15, -0.1) is 0 Å². The summed E-state index contributed by atoms with van der Waals surface area (Å²) < 4.78 is 11.7. The molecular formula is C20H38O2. The summed E-state index contributed by atoms with van der Waals surface area (Å²) in [6, 6.07) is 0. The maximum atomic E-state index is 5.86. The van der Waals surface area contributed by atoms with Gasteiger partial charge in [-0.1, -0.05) is 64.3 Å². The van der Waals surface area contributed by atoms with E-state index >= 15 is 0 Å². The van der Waals surface area contributed by atoms with E-state index in [1.807, 2.05) is 0 Å². The van der Waals surface area contributed by atoms with E-state index in [9.17, 15) is 0 Å². The summed E-state index contributed by atoms with van der Waals surface area (Å²) in [7, 11) is 0. The first-order valence-corrected chi connectivity index (χ1v) is 9.39. The average molecular weight is 311 g/mol. The van der Waals surface area contributed by atoms with Crippen LogP contribution in [0.1, 0.15) is 85.0 Å². The van der Waals surface area contributed by atoms with E-state index in [4.69, 9.17) is 9.47 Å². The molecule has 0 bridgehead atoms. The summed E-state index contributed by atoms with van der Waals surface area (Å²) in [5, 5.41) is 0. The predicted octanol–water partition coefficient (Wildman–Crippen LogP) is 6.42. The van der Waals surface area contributed by atoms with Crippen LogP contribution in [0.4, 0.5) is 0 Å². The fourth-order valence-corrected chi connectivity index (χ4v) is 2.07. The molecule has 0 fully saturated rings. The Morgan fingerprint density at radius 3 is 1.95 bits per heavy atom. The van der Waals surface area contributed by atoms with Crippen molar-refractivity contribution in [1.29, 1.82) is 0 Å². The third kappa shape index (κ3) is 15.8. The standard InChI is InChI=1S/C20H38O2/c1-4-7-10-11-12-13-14-15-16-17-20(21-18-8-5-2)22-19-9-6-3/h7,10-12,20H,4-6,8-9,13-19H2,1-3H3. The van der Waals surface area contributed by atoms with Crippen molar-refractivity contribution in [3.05, 3.63) is 24.3 Å². The van der Waals surface area contributed by atoms with E-state index in [0.29, 0.717) is 0 Å². The second-order valence-corrected chi connectivity index (χ2v) is 5.78. The van der Waals surface area contributed by atoms with Gasteiger partial charge in [0.1, 0.15) is 0 Å². The van der Waals surface area contributed by atoms with Crippen molar-refractivity contribution in [3.63, 3.8) is 0 Å². The van der Waals surface area contributed by atoms with Gasteiger partial charge in [0, 0.05) is 13.2 Å². The minimum absolute atomic E-state index is 0.0149. The van der Waals surface area contributed by atoms with Crippen molar-refractivity contribution < 1.29 is 9.47 Å². The summed E-state index contributed by atoms with van der Waals surface area (Å²) >= 11 is 0. The van der Waals surface area contributed by atoms with Crippen LogP contribution >= 0.6 is 0 Å². The third-order valence-corrected chi connectivity index (χ3v) is 3.53. The van der Waals surface area contributed by atoms with Crippen LogP contribution in [0.2, 0.25) is 0 Å². The monoisotopic (exact) mass is 310 g/mol. The van der Waals surface area contributed by atoms with Gasteiger partial charge in [-0.2, -0.15) is 0 Å². The molecule has 0 radical (unpaired) electrons. The second kappa shape index (κ2) is 18.4. The molecule has 0 atom stereocenters. The van der Waals surface area contributed by atoms with E-state index < -0.39 is 0 Å². The largest absolute Gasteiger partial charge is 0.353 e. The predicted molar refractivity (Wildman–Crippen MR) is 97.2 cm³/mol. The van der Waals surface area contributed by atoms with Crippen LogP contribution in [-0.2, 0) is 9.47 Å². The molecule has 0 aromatic rings. The van der Waals surface area contributed by atoms with Crippen molar-refractivity contribution >= 4 is 0 Å². The van der Waals surface area contributed by atoms with Crippen molar-refractivity contribution in [3.8, 4) is 0 Å². The van der Waals surface area contributed by atoms with Crippen LogP contribution in [0.25, 0.3) is 0 Å². The molecule has 0 N–H and O–H groups in total. The molecule has 22 heavy (non-hydrogen) atoms. The van der Waals surface area contributed by atoms with Gasteiger partial charge in [0.05, 0.1) is 0 Å². The molecule has 0 aliphatic heterocycles. The highest BCUT2D eigenvalue weighted by molar-refractivity contribution is 5.01. The molecule has 130 valence electrons. The SMILES string of the molecule is CCC=CC=CCCCCCC(OCCCC)OCCCC. The van der Waals surface area contributed by atoms with Gasteiger partial charge in [-0.3, -0.25) is 0 Å². The third-order valence-electron chi connectivity index (χ3n) is 3.53. The Morgan fingerprint density at radius 1 is 0.727 bits per heavy atom. The van der Waals surface area contributed by atoms with Crippen LogP contribution in [-0.4, -0.2) is 19.5 Å². The Kier molecular flexibility index (Phi) is 17.9. The molecule has 2 nitrogen and oxygen atoms in total. The van der Waals surface area contributed by atoms with E-state index in [1.165, 1.54) is 38.5 Å². The highest BCUT2D eigenvalue weighted by Crippen LogP contribution is 2.11. The zero-order chi connectivity index (χ0) is 16.3. The molecule has 0 aliphatic rings. The number of ether oxygens (including phenoxy) is 2. The molecular weight excluding hydrogens is 272 g/mol. The van der Waals surface area contributed by atoms with Crippen molar-refractivity contribution in [1.82, 2.24) is 0 Å². The fourth-order valence-electron chi connectivity index (χ4n) is 2.07. The van der Waals surface area contributed by atoms with E-state index in [1.54, 1.807) is 0 Å². The molecule has 0 amide bonds. The molecule has 0 aliphatic carbocycles. The highest BCUT2D eigenvalue weighted by atomic mass is 16.7. The van der Waals surface area contributed by atoms with Gasteiger partial charge in [0.25, 0.3) is 0 Å². The lowest BCUT2D eigenvalue weighted by atomic mass is 10.1. The van der Waals surface area contributed by atoms with Crippen molar-refractivity contribution in [2.75, 3.05) is 13.2 Å². The number of hydrogen-bond donors (Lipinski definition) is 0. The lowest BCUT2D eigenvalue weighted by Gasteiger charge is -2.18. The van der Waals surface area contributed by atoms with E-state index in [2.05, 4.69) is 45.1 Å². The van der Waals surface area contributed by atoms with E-state index in [0.717, 1.165) is 38.9 Å². The minimum Gasteiger partial charge on any atom is -0.353 e. The first-order valence-electron chi connectivity index (χ1n) is 9.39. The molecule has 0 saturated carbocycles. The van der Waals surface area contributed by atoms with Gasteiger partial charge < -0.3 is 9.47 Å². The van der Waals surface area contributed by atoms with Crippen LogP contribution in [0.5, 0.6) is 0 Å². The van der Waals surface area contributed by atoms with Gasteiger partial charge in [0.2, 0.25) is 0 Å². The Labute approximate surface area is 139 Å². The van der Waals surface area contributed by atoms with Crippen LogP contribution < -0.4 is 0 Å². The van der Waals surface area contributed by atoms with Crippen LogP contribution in [0, 0.1) is 0 Å². The van der Waals surface area contributed by atoms with Crippen LogP contribution in [0.15, 0.2) is 24.3 Å². The molecule has 0 aromatic heterocycles. The summed E-state index contributed by atoms with van der Waals surface area (Å²) in [5.74, 6) is 0. The average Bonchev–Trinajstić information content (AvgIpc) is 2.53. The van der Waals surface area contributed by atoms with Gasteiger partial charge >= 0.3 is 0 Å². The normalized spacial score (nSPS) is 12.2. The number of rotatable bonds is 16. The summed E-state index contributed by atoms with van der Waals surface area (Å²) in [6.45, 7) is 8.21. The Hall–Kier alpha value is -0.600. The second-order valence-electron chi connectivity index (χ2n) is 5.78. The Balaban J connectivity index is 3.67. The first-order chi connectivity index (χ1) is 10.8. The Bertz CT molecular complexity index is 248. The summed E-state index contributed by atoms with van der Waals surface area (Å²) in [6.07, 6.45) is 20.4. The van der Waals surface area contributed by atoms with Gasteiger partial charge in [-0.25, -0.2) is 0 Å². The topological polar surface area (TPSA) is 18.5 Å². The number of unbranched alkanes of at least 4 members (excludes halogenated alkanes) is 5. The van der Waals surface area contributed by atoms with Crippen LogP contribution in [0.3, 0.4) is 0 Å². The molecule has 0 spiro atoms. The molecule has 2 heteroatoms. The molecule has 0 aromatic carbocycles. The summed E-state index contributed by atoms with van der Waals surface area (Å²) in [5.41, 5.74) is 0. The maximum absolute atomic E-state index is 5.86.